The summed E-state index contributed by atoms with van der Waals surface area (Å²) in [5.41, 5.74) is 3.46. The number of methoxy groups -OCH3 is 1. The van der Waals surface area contributed by atoms with E-state index < -0.39 is 0 Å². The van der Waals surface area contributed by atoms with Gasteiger partial charge in [0.2, 0.25) is 5.91 Å². The molecule has 0 saturated carbocycles. The van der Waals surface area contributed by atoms with Crippen LogP contribution >= 0.6 is 0 Å². The van der Waals surface area contributed by atoms with Gasteiger partial charge in [-0.25, -0.2) is 0 Å². The second-order valence-corrected chi connectivity index (χ2v) is 7.86. The van der Waals surface area contributed by atoms with Crippen LogP contribution in [0.25, 0.3) is 0 Å². The summed E-state index contributed by atoms with van der Waals surface area (Å²) in [5, 5.41) is 3.01. The number of hydrogen-bond acceptors (Lipinski definition) is 4. The lowest BCUT2D eigenvalue weighted by atomic mass is 10.1. The van der Waals surface area contributed by atoms with E-state index in [0.717, 1.165) is 36.5 Å². The molecule has 2 unspecified atom stereocenters. The van der Waals surface area contributed by atoms with Gasteiger partial charge in [0.1, 0.15) is 5.75 Å². The first-order chi connectivity index (χ1) is 14.0. The topological polar surface area (TPSA) is 50.8 Å². The highest BCUT2D eigenvalue weighted by Crippen LogP contribution is 2.19. The zero-order chi connectivity index (χ0) is 20.6. The Hall–Kier alpha value is -2.37. The molecule has 5 nitrogen and oxygen atoms in total. The summed E-state index contributed by atoms with van der Waals surface area (Å²) < 4.78 is 11.1. The second kappa shape index (κ2) is 10.4. The first-order valence-corrected chi connectivity index (χ1v) is 10.4. The standard InChI is InChI=1S/C24H32N2O3/c1-18-15-26(16-19(2)29-18)17-21-10-8-20(9-11-21)14-25-24(27)13-12-22-6-4-5-7-23(22)28-3/h4-11,18-19H,12-17H2,1-3H3,(H,25,27). The van der Waals surface area contributed by atoms with Crippen molar-refractivity contribution >= 4 is 5.91 Å². The molecule has 5 heteroatoms. The van der Waals surface area contributed by atoms with Gasteiger partial charge in [-0.05, 0) is 43.0 Å². The van der Waals surface area contributed by atoms with Crippen molar-refractivity contribution in [3.8, 4) is 5.75 Å². The van der Waals surface area contributed by atoms with Gasteiger partial charge in [-0.15, -0.1) is 0 Å². The predicted octanol–water partition coefficient (Wildman–Crippen LogP) is 3.55. The molecular weight excluding hydrogens is 364 g/mol. The monoisotopic (exact) mass is 396 g/mol. The molecule has 1 N–H and O–H groups in total. The van der Waals surface area contributed by atoms with E-state index in [9.17, 15) is 4.79 Å². The van der Waals surface area contributed by atoms with Gasteiger partial charge < -0.3 is 14.8 Å². The number of para-hydroxylation sites is 1. The highest BCUT2D eigenvalue weighted by Gasteiger charge is 2.21. The Morgan fingerprint density at radius 1 is 1.07 bits per heavy atom. The van der Waals surface area contributed by atoms with Crippen molar-refractivity contribution in [1.82, 2.24) is 10.2 Å². The van der Waals surface area contributed by atoms with Gasteiger partial charge in [0.25, 0.3) is 0 Å². The first kappa shape index (κ1) is 21.3. The Morgan fingerprint density at radius 3 is 2.41 bits per heavy atom. The van der Waals surface area contributed by atoms with E-state index in [4.69, 9.17) is 9.47 Å². The molecule has 1 fully saturated rings. The molecule has 1 aliphatic rings. The number of benzene rings is 2. The number of nitrogens with one attached hydrogen (secondary N) is 1. The third-order valence-electron chi connectivity index (χ3n) is 5.23. The van der Waals surface area contributed by atoms with Crippen molar-refractivity contribution in [3.05, 3.63) is 65.2 Å². The lowest BCUT2D eigenvalue weighted by Crippen LogP contribution is -2.44. The molecule has 2 atom stereocenters. The summed E-state index contributed by atoms with van der Waals surface area (Å²) in [6.07, 6.45) is 1.69. The van der Waals surface area contributed by atoms with E-state index >= 15 is 0 Å². The molecule has 0 radical (unpaired) electrons. The number of rotatable bonds is 8. The average Bonchev–Trinajstić information content (AvgIpc) is 2.71. The van der Waals surface area contributed by atoms with E-state index in [0.29, 0.717) is 19.4 Å². The Labute approximate surface area is 174 Å². The number of nitrogens with zero attached hydrogens (tertiary/aromatic N) is 1. The van der Waals surface area contributed by atoms with Crippen molar-refractivity contribution in [1.29, 1.82) is 0 Å². The van der Waals surface area contributed by atoms with Crippen LogP contribution in [0.4, 0.5) is 0 Å². The van der Waals surface area contributed by atoms with Gasteiger partial charge in [0, 0.05) is 32.6 Å². The van der Waals surface area contributed by atoms with Crippen LogP contribution in [0.1, 0.15) is 37.0 Å². The normalized spacial score (nSPS) is 19.7. The number of carbonyl (C=O) groups is 1. The molecule has 2 aromatic rings. The second-order valence-electron chi connectivity index (χ2n) is 7.86. The molecule has 156 valence electrons. The summed E-state index contributed by atoms with van der Waals surface area (Å²) in [4.78, 5) is 14.6. The molecule has 1 aliphatic heterocycles. The fraction of sp³-hybridized carbons (Fsp3) is 0.458. The molecule has 0 spiro atoms. The van der Waals surface area contributed by atoms with Gasteiger partial charge in [-0.2, -0.15) is 0 Å². The third-order valence-corrected chi connectivity index (χ3v) is 5.23. The van der Waals surface area contributed by atoms with Crippen molar-refractivity contribution in [3.63, 3.8) is 0 Å². The number of aryl methyl sites for hydroxylation is 1. The molecule has 0 aliphatic carbocycles. The Balaban J connectivity index is 1.43. The van der Waals surface area contributed by atoms with Gasteiger partial charge in [-0.3, -0.25) is 9.69 Å². The Morgan fingerprint density at radius 2 is 1.72 bits per heavy atom. The van der Waals surface area contributed by atoms with Gasteiger partial charge in [-0.1, -0.05) is 42.5 Å². The van der Waals surface area contributed by atoms with Crippen molar-refractivity contribution in [2.24, 2.45) is 0 Å². The first-order valence-electron chi connectivity index (χ1n) is 10.4. The summed E-state index contributed by atoms with van der Waals surface area (Å²) in [6, 6.07) is 16.3. The predicted molar refractivity (Wildman–Crippen MR) is 115 cm³/mol. The average molecular weight is 397 g/mol. The van der Waals surface area contributed by atoms with Crippen LogP contribution in [-0.2, 0) is 29.0 Å². The van der Waals surface area contributed by atoms with Crippen LogP contribution in [0.3, 0.4) is 0 Å². The molecular formula is C24H32N2O3. The van der Waals surface area contributed by atoms with E-state index in [2.05, 4.69) is 48.3 Å². The minimum absolute atomic E-state index is 0.0521. The maximum atomic E-state index is 12.2. The van der Waals surface area contributed by atoms with Crippen LogP contribution in [0.5, 0.6) is 5.75 Å². The van der Waals surface area contributed by atoms with Crippen LogP contribution in [0.2, 0.25) is 0 Å². The smallest absolute Gasteiger partial charge is 0.220 e. The van der Waals surface area contributed by atoms with Crippen LogP contribution in [0.15, 0.2) is 48.5 Å². The molecule has 1 heterocycles. The fourth-order valence-corrected chi connectivity index (χ4v) is 3.88. The maximum absolute atomic E-state index is 12.2. The molecule has 0 bridgehead atoms. The van der Waals surface area contributed by atoms with E-state index in [-0.39, 0.29) is 18.1 Å². The maximum Gasteiger partial charge on any atom is 0.220 e. The zero-order valence-electron chi connectivity index (χ0n) is 17.7. The van der Waals surface area contributed by atoms with Crippen molar-refractivity contribution in [2.75, 3.05) is 20.2 Å². The van der Waals surface area contributed by atoms with E-state index in [1.165, 1.54) is 5.56 Å². The molecule has 29 heavy (non-hydrogen) atoms. The Bertz CT molecular complexity index is 781. The summed E-state index contributed by atoms with van der Waals surface area (Å²) in [5.74, 6) is 0.885. The largest absolute Gasteiger partial charge is 0.496 e. The molecule has 1 amide bonds. The zero-order valence-corrected chi connectivity index (χ0v) is 17.7. The summed E-state index contributed by atoms with van der Waals surface area (Å²) >= 11 is 0. The van der Waals surface area contributed by atoms with Crippen LogP contribution in [-0.4, -0.2) is 43.2 Å². The van der Waals surface area contributed by atoms with Crippen LogP contribution < -0.4 is 10.1 Å². The van der Waals surface area contributed by atoms with Gasteiger partial charge >= 0.3 is 0 Å². The number of ether oxygens (including phenoxy) is 2. The fourth-order valence-electron chi connectivity index (χ4n) is 3.88. The number of morpholine rings is 1. The minimum Gasteiger partial charge on any atom is -0.496 e. The number of carbonyl (C=O) groups excluding carboxylic acids is 1. The summed E-state index contributed by atoms with van der Waals surface area (Å²) in [7, 11) is 1.66. The Kier molecular flexibility index (Phi) is 7.67. The van der Waals surface area contributed by atoms with E-state index in [1.807, 2.05) is 24.3 Å². The quantitative estimate of drug-likeness (QED) is 0.741. The number of hydrogen-bond donors (Lipinski definition) is 1. The lowest BCUT2D eigenvalue weighted by molar-refractivity contribution is -0.121. The van der Waals surface area contributed by atoms with Crippen LogP contribution in [0, 0.1) is 0 Å². The highest BCUT2D eigenvalue weighted by molar-refractivity contribution is 5.76. The number of amides is 1. The van der Waals surface area contributed by atoms with Crippen molar-refractivity contribution in [2.45, 2.75) is 52.0 Å². The molecule has 1 saturated heterocycles. The molecule has 2 aromatic carbocycles. The molecule has 3 rings (SSSR count). The van der Waals surface area contributed by atoms with Crippen molar-refractivity contribution < 1.29 is 14.3 Å². The minimum atomic E-state index is 0.0521. The van der Waals surface area contributed by atoms with E-state index in [1.54, 1.807) is 7.11 Å². The highest BCUT2D eigenvalue weighted by atomic mass is 16.5. The third kappa shape index (κ3) is 6.58. The van der Waals surface area contributed by atoms with Gasteiger partial charge in [0.05, 0.1) is 19.3 Å². The molecule has 0 aromatic heterocycles. The lowest BCUT2D eigenvalue weighted by Gasteiger charge is -2.35. The van der Waals surface area contributed by atoms with Gasteiger partial charge in [0.15, 0.2) is 0 Å². The SMILES string of the molecule is COc1ccccc1CCC(=O)NCc1ccc(CN2CC(C)OC(C)C2)cc1. The summed E-state index contributed by atoms with van der Waals surface area (Å²) in [6.45, 7) is 7.67.